The third-order valence-electron chi connectivity index (χ3n) is 4.98. The zero-order chi connectivity index (χ0) is 21.0. The molecular formula is C18H18N4O5S2. The number of benzene rings is 1. The third kappa shape index (κ3) is 3.62. The molecule has 0 atom stereocenters. The summed E-state index contributed by atoms with van der Waals surface area (Å²) in [4.78, 5) is 17.0. The molecule has 1 aliphatic rings. The van der Waals surface area contributed by atoms with Gasteiger partial charge in [-0.3, -0.25) is 9.89 Å². The number of carbonyl (C=O) groups is 1. The van der Waals surface area contributed by atoms with Gasteiger partial charge in [0.05, 0.1) is 27.7 Å². The first-order valence-electron chi connectivity index (χ1n) is 8.66. The molecule has 1 aromatic carbocycles. The molecule has 0 spiro atoms. The molecule has 1 amide bonds. The van der Waals surface area contributed by atoms with Gasteiger partial charge in [0.15, 0.2) is 24.7 Å². The molecule has 0 saturated heterocycles. The molecule has 0 aliphatic heterocycles. The van der Waals surface area contributed by atoms with Gasteiger partial charge in [-0.15, -0.1) is 0 Å². The lowest BCUT2D eigenvalue weighted by molar-refractivity contribution is 0.0932. The highest BCUT2D eigenvalue weighted by Gasteiger charge is 2.46. The van der Waals surface area contributed by atoms with Crippen molar-refractivity contribution in [3.8, 4) is 0 Å². The fraction of sp³-hybridized carbons (Fsp3) is 0.278. The third-order valence-corrected chi connectivity index (χ3v) is 7.05. The van der Waals surface area contributed by atoms with Gasteiger partial charge in [0.2, 0.25) is 0 Å². The lowest BCUT2D eigenvalue weighted by Crippen LogP contribution is -2.35. The highest BCUT2D eigenvalue weighted by atomic mass is 32.2. The molecule has 3 aromatic rings. The van der Waals surface area contributed by atoms with Gasteiger partial charge >= 0.3 is 0 Å². The summed E-state index contributed by atoms with van der Waals surface area (Å²) in [7, 11) is -7.02. The first-order chi connectivity index (χ1) is 13.5. The van der Waals surface area contributed by atoms with Gasteiger partial charge in [-0.05, 0) is 42.7 Å². The maximum absolute atomic E-state index is 13.1. The van der Waals surface area contributed by atoms with Crippen molar-refractivity contribution in [2.75, 3.05) is 12.5 Å². The SMILES string of the molecule is CS(=O)(=O)c1cc(C(=O)NC2(c3ccnc(S(C)(=O)=O)c3)CC2)c2cn[nH]c2c1. The van der Waals surface area contributed by atoms with Crippen LogP contribution in [0.2, 0.25) is 0 Å². The number of pyridine rings is 1. The van der Waals surface area contributed by atoms with Gasteiger partial charge in [-0.25, -0.2) is 21.8 Å². The van der Waals surface area contributed by atoms with Crippen LogP contribution in [0, 0.1) is 0 Å². The standard InChI is InChI=1S/C18H18N4O5S2/c1-28(24,25)12-8-13(14-10-20-22-15(14)9-12)17(23)21-18(4-5-18)11-3-6-19-16(7-11)29(2,26)27/h3,6-10H,4-5H2,1-2H3,(H,20,22)(H,21,23). The number of hydrogen-bond acceptors (Lipinski definition) is 7. The van der Waals surface area contributed by atoms with Crippen LogP contribution in [0.15, 0.2) is 46.6 Å². The molecule has 2 N–H and O–H groups in total. The van der Waals surface area contributed by atoms with Crippen molar-refractivity contribution in [2.24, 2.45) is 0 Å². The van der Waals surface area contributed by atoms with Gasteiger partial charge in [0, 0.05) is 24.1 Å². The van der Waals surface area contributed by atoms with E-state index >= 15 is 0 Å². The second kappa shape index (κ2) is 6.36. The fourth-order valence-corrected chi connectivity index (χ4v) is 4.49. The highest BCUT2D eigenvalue weighted by Crippen LogP contribution is 2.46. The van der Waals surface area contributed by atoms with Crippen molar-refractivity contribution in [1.82, 2.24) is 20.5 Å². The predicted molar refractivity (Wildman–Crippen MR) is 105 cm³/mol. The topological polar surface area (TPSA) is 139 Å². The van der Waals surface area contributed by atoms with Crippen LogP contribution in [0.3, 0.4) is 0 Å². The largest absolute Gasteiger partial charge is 0.342 e. The molecule has 0 bridgehead atoms. The van der Waals surface area contributed by atoms with E-state index in [-0.39, 0.29) is 15.5 Å². The van der Waals surface area contributed by atoms with Crippen molar-refractivity contribution >= 4 is 36.5 Å². The van der Waals surface area contributed by atoms with E-state index in [0.717, 1.165) is 12.5 Å². The Kier molecular flexibility index (Phi) is 4.28. The Morgan fingerprint density at radius 2 is 1.83 bits per heavy atom. The molecule has 152 valence electrons. The monoisotopic (exact) mass is 434 g/mol. The Balaban J connectivity index is 1.73. The van der Waals surface area contributed by atoms with Crippen molar-refractivity contribution in [2.45, 2.75) is 28.3 Å². The molecule has 1 saturated carbocycles. The number of rotatable bonds is 5. The maximum Gasteiger partial charge on any atom is 0.252 e. The molecule has 4 rings (SSSR count). The molecule has 0 unspecified atom stereocenters. The molecule has 1 fully saturated rings. The van der Waals surface area contributed by atoms with Crippen LogP contribution in [-0.4, -0.2) is 50.4 Å². The van der Waals surface area contributed by atoms with Crippen LogP contribution in [0.1, 0.15) is 28.8 Å². The number of nitrogens with zero attached hydrogens (tertiary/aromatic N) is 2. The molecule has 1 aliphatic carbocycles. The van der Waals surface area contributed by atoms with E-state index in [2.05, 4.69) is 20.5 Å². The van der Waals surface area contributed by atoms with E-state index in [9.17, 15) is 21.6 Å². The van der Waals surface area contributed by atoms with Crippen molar-refractivity contribution in [3.63, 3.8) is 0 Å². The summed E-state index contributed by atoms with van der Waals surface area (Å²) in [6.45, 7) is 0. The van der Waals surface area contributed by atoms with Gasteiger partial charge in [-0.1, -0.05) is 0 Å². The summed E-state index contributed by atoms with van der Waals surface area (Å²) in [5, 5.41) is 9.97. The van der Waals surface area contributed by atoms with Crippen molar-refractivity contribution in [3.05, 3.63) is 47.8 Å². The second-order valence-corrected chi connectivity index (χ2v) is 11.2. The minimum Gasteiger partial charge on any atom is -0.342 e. The number of aromatic nitrogens is 3. The Hall–Kier alpha value is -2.79. The number of fused-ring (bicyclic) bond motifs is 1. The summed E-state index contributed by atoms with van der Waals surface area (Å²) in [5.41, 5.74) is 0.548. The summed E-state index contributed by atoms with van der Waals surface area (Å²) in [6, 6.07) is 5.89. The molecular weight excluding hydrogens is 416 g/mol. The van der Waals surface area contributed by atoms with Gasteiger partial charge in [0.1, 0.15) is 0 Å². The quantitative estimate of drug-likeness (QED) is 0.615. The molecule has 2 heterocycles. The Morgan fingerprint density at radius 3 is 2.45 bits per heavy atom. The zero-order valence-electron chi connectivity index (χ0n) is 15.6. The molecule has 2 aromatic heterocycles. The summed E-state index contributed by atoms with van der Waals surface area (Å²) < 4.78 is 47.6. The summed E-state index contributed by atoms with van der Waals surface area (Å²) in [6.07, 6.45) is 6.26. The number of aromatic amines is 1. The van der Waals surface area contributed by atoms with E-state index in [1.54, 1.807) is 6.07 Å². The molecule has 29 heavy (non-hydrogen) atoms. The summed E-state index contributed by atoms with van der Waals surface area (Å²) in [5.74, 6) is -0.461. The van der Waals surface area contributed by atoms with Crippen LogP contribution < -0.4 is 5.32 Å². The van der Waals surface area contributed by atoms with Crippen molar-refractivity contribution in [1.29, 1.82) is 0 Å². The van der Waals surface area contributed by atoms with Crippen LogP contribution in [0.4, 0.5) is 0 Å². The highest BCUT2D eigenvalue weighted by molar-refractivity contribution is 7.91. The van der Waals surface area contributed by atoms with E-state index in [1.807, 2.05) is 0 Å². The second-order valence-electron chi connectivity index (χ2n) is 7.27. The number of amides is 1. The van der Waals surface area contributed by atoms with Gasteiger partial charge in [-0.2, -0.15) is 5.10 Å². The average Bonchev–Trinajstić information content (AvgIpc) is 3.25. The van der Waals surface area contributed by atoms with Gasteiger partial charge < -0.3 is 5.32 Å². The average molecular weight is 434 g/mol. The number of sulfone groups is 2. The van der Waals surface area contributed by atoms with E-state index in [0.29, 0.717) is 29.3 Å². The number of carbonyl (C=O) groups excluding carboxylic acids is 1. The van der Waals surface area contributed by atoms with Gasteiger partial charge in [0.25, 0.3) is 5.91 Å². The molecule has 9 nitrogen and oxygen atoms in total. The Morgan fingerprint density at radius 1 is 1.10 bits per heavy atom. The normalized spacial score (nSPS) is 15.9. The Labute approximate surface area is 167 Å². The maximum atomic E-state index is 13.1. The van der Waals surface area contributed by atoms with Crippen LogP contribution >= 0.6 is 0 Å². The lowest BCUT2D eigenvalue weighted by Gasteiger charge is -2.19. The van der Waals surface area contributed by atoms with E-state index in [1.165, 1.54) is 30.6 Å². The molecule has 0 radical (unpaired) electrons. The smallest absolute Gasteiger partial charge is 0.252 e. The molecule has 11 heteroatoms. The fourth-order valence-electron chi connectivity index (χ4n) is 3.23. The number of nitrogens with one attached hydrogen (secondary N) is 2. The minimum atomic E-state index is -3.53. The first kappa shape index (κ1) is 19.5. The lowest BCUT2D eigenvalue weighted by atomic mass is 10.0. The van der Waals surface area contributed by atoms with E-state index < -0.39 is 31.1 Å². The summed E-state index contributed by atoms with van der Waals surface area (Å²) >= 11 is 0. The van der Waals surface area contributed by atoms with Crippen LogP contribution in [0.25, 0.3) is 10.9 Å². The van der Waals surface area contributed by atoms with Crippen LogP contribution in [-0.2, 0) is 25.2 Å². The predicted octanol–water partition coefficient (Wildman–Crippen LogP) is 1.18. The first-order valence-corrected chi connectivity index (χ1v) is 12.4. The Bertz CT molecular complexity index is 1360. The minimum absolute atomic E-state index is 0.00696. The van der Waals surface area contributed by atoms with Crippen molar-refractivity contribution < 1.29 is 21.6 Å². The number of hydrogen-bond donors (Lipinski definition) is 2. The number of H-pyrrole nitrogens is 1. The zero-order valence-corrected chi connectivity index (χ0v) is 17.3. The van der Waals surface area contributed by atoms with Crippen LogP contribution in [0.5, 0.6) is 0 Å². The van der Waals surface area contributed by atoms with E-state index in [4.69, 9.17) is 0 Å².